The number of benzene rings is 1. The third-order valence-corrected chi connectivity index (χ3v) is 3.43. The van der Waals surface area contributed by atoms with Gasteiger partial charge < -0.3 is 5.11 Å². The number of carbonyl (C=O) groups excluding carboxylic acids is 1. The third kappa shape index (κ3) is 3.13. The smallest absolute Gasteiger partial charge is 0.261 e. The van der Waals surface area contributed by atoms with Gasteiger partial charge >= 0.3 is 0 Å². The molecule has 0 spiro atoms. The number of phenols is 1. The van der Waals surface area contributed by atoms with Crippen LogP contribution in [-0.2, 0) is 6.42 Å². The molecule has 0 radical (unpaired) electrons. The normalized spacial score (nSPS) is 10.8. The monoisotopic (exact) mass is 311 g/mol. The Morgan fingerprint density at radius 2 is 2.09 bits per heavy atom. The molecule has 0 unspecified atom stereocenters. The Hall–Kier alpha value is -2.96. The first-order valence-corrected chi connectivity index (χ1v) is 7.49. The molecule has 7 nitrogen and oxygen atoms in total. The lowest BCUT2D eigenvalue weighted by atomic mass is 10.2. The number of aryl methyl sites for hydroxylation is 1. The average Bonchev–Trinajstić information content (AvgIpc) is 3.02. The zero-order chi connectivity index (χ0) is 16.2. The first-order valence-electron chi connectivity index (χ1n) is 7.49. The summed E-state index contributed by atoms with van der Waals surface area (Å²) in [7, 11) is 0. The standard InChI is InChI=1S/C16H17N5O2/c1-2-3-8-13-18-14-9-10-17-21(14)16(19-13)20-15(23)11-6-4-5-7-12(11)22/h4-7,9-10,22H,2-3,8H2,1H3,(H,18,19,20,23). The molecule has 2 heterocycles. The molecule has 0 saturated carbocycles. The van der Waals surface area contributed by atoms with Crippen molar-refractivity contribution in [1.82, 2.24) is 19.6 Å². The molecule has 0 aliphatic rings. The highest BCUT2D eigenvalue weighted by Crippen LogP contribution is 2.17. The number of anilines is 1. The highest BCUT2D eigenvalue weighted by Gasteiger charge is 2.15. The van der Waals surface area contributed by atoms with E-state index in [4.69, 9.17) is 0 Å². The van der Waals surface area contributed by atoms with Gasteiger partial charge in [-0.25, -0.2) is 4.98 Å². The number of nitrogens with zero attached hydrogens (tertiary/aromatic N) is 4. The van der Waals surface area contributed by atoms with Crippen molar-refractivity contribution in [3.63, 3.8) is 0 Å². The van der Waals surface area contributed by atoms with E-state index in [0.717, 1.165) is 19.3 Å². The van der Waals surface area contributed by atoms with Crippen LogP contribution >= 0.6 is 0 Å². The molecular weight excluding hydrogens is 294 g/mol. The average molecular weight is 311 g/mol. The molecule has 3 aromatic rings. The second kappa shape index (κ2) is 6.43. The molecule has 1 aromatic carbocycles. The number of para-hydroxylation sites is 1. The van der Waals surface area contributed by atoms with Crippen LogP contribution in [-0.4, -0.2) is 30.6 Å². The van der Waals surface area contributed by atoms with Crippen molar-refractivity contribution in [1.29, 1.82) is 0 Å². The van der Waals surface area contributed by atoms with Crippen LogP contribution in [0.4, 0.5) is 5.95 Å². The minimum absolute atomic E-state index is 0.0815. The molecule has 7 heteroatoms. The maximum Gasteiger partial charge on any atom is 0.261 e. The van der Waals surface area contributed by atoms with Crippen molar-refractivity contribution in [2.24, 2.45) is 0 Å². The Balaban J connectivity index is 1.93. The van der Waals surface area contributed by atoms with Gasteiger partial charge in [-0.05, 0) is 18.6 Å². The second-order valence-electron chi connectivity index (χ2n) is 5.14. The molecule has 2 aromatic heterocycles. The van der Waals surface area contributed by atoms with Gasteiger partial charge in [0.25, 0.3) is 5.91 Å². The van der Waals surface area contributed by atoms with Gasteiger partial charge in [0.15, 0.2) is 5.65 Å². The lowest BCUT2D eigenvalue weighted by molar-refractivity contribution is 0.102. The number of unbranched alkanes of at least 4 members (excludes halogenated alkanes) is 1. The van der Waals surface area contributed by atoms with Gasteiger partial charge in [0, 0.05) is 12.5 Å². The molecule has 0 aliphatic heterocycles. The van der Waals surface area contributed by atoms with Crippen molar-refractivity contribution < 1.29 is 9.90 Å². The zero-order valence-electron chi connectivity index (χ0n) is 12.7. The first-order chi connectivity index (χ1) is 11.2. The van der Waals surface area contributed by atoms with E-state index >= 15 is 0 Å². The van der Waals surface area contributed by atoms with E-state index < -0.39 is 5.91 Å². The van der Waals surface area contributed by atoms with Crippen LogP contribution in [0.2, 0.25) is 0 Å². The summed E-state index contributed by atoms with van der Waals surface area (Å²) < 4.78 is 1.47. The maximum atomic E-state index is 12.4. The zero-order valence-corrected chi connectivity index (χ0v) is 12.7. The van der Waals surface area contributed by atoms with Crippen LogP contribution in [0.3, 0.4) is 0 Å². The summed E-state index contributed by atoms with van der Waals surface area (Å²) in [5.74, 6) is 0.425. The van der Waals surface area contributed by atoms with Crippen molar-refractivity contribution in [2.45, 2.75) is 26.2 Å². The summed E-state index contributed by atoms with van der Waals surface area (Å²) in [5.41, 5.74) is 0.806. The van der Waals surface area contributed by atoms with Crippen LogP contribution in [0.15, 0.2) is 36.5 Å². The summed E-state index contributed by atoms with van der Waals surface area (Å²) in [6.07, 6.45) is 4.34. The Morgan fingerprint density at radius 3 is 2.87 bits per heavy atom. The van der Waals surface area contributed by atoms with Crippen LogP contribution < -0.4 is 5.32 Å². The number of hydrogen-bond acceptors (Lipinski definition) is 5. The van der Waals surface area contributed by atoms with E-state index in [1.807, 2.05) is 0 Å². The van der Waals surface area contributed by atoms with E-state index in [1.165, 1.54) is 10.6 Å². The third-order valence-electron chi connectivity index (χ3n) is 3.43. The maximum absolute atomic E-state index is 12.4. The molecule has 0 atom stereocenters. The summed E-state index contributed by atoms with van der Waals surface area (Å²) in [4.78, 5) is 21.2. The van der Waals surface area contributed by atoms with Crippen LogP contribution in [0.5, 0.6) is 5.75 Å². The van der Waals surface area contributed by atoms with E-state index in [0.29, 0.717) is 17.4 Å². The molecule has 3 rings (SSSR count). The molecule has 23 heavy (non-hydrogen) atoms. The minimum atomic E-state index is -0.444. The number of hydrogen-bond donors (Lipinski definition) is 2. The van der Waals surface area contributed by atoms with Gasteiger partial charge in [-0.2, -0.15) is 14.6 Å². The van der Waals surface area contributed by atoms with E-state index in [2.05, 4.69) is 27.3 Å². The van der Waals surface area contributed by atoms with Crippen LogP contribution in [0.1, 0.15) is 35.9 Å². The van der Waals surface area contributed by atoms with Crippen LogP contribution in [0, 0.1) is 0 Å². The van der Waals surface area contributed by atoms with E-state index in [1.54, 1.807) is 30.5 Å². The van der Waals surface area contributed by atoms with Gasteiger partial charge in [0.1, 0.15) is 11.6 Å². The van der Waals surface area contributed by atoms with Crippen molar-refractivity contribution >= 4 is 17.5 Å². The SMILES string of the molecule is CCCCc1nc(NC(=O)c2ccccc2O)n2nccc2n1. The summed E-state index contributed by atoms with van der Waals surface area (Å²) in [6.45, 7) is 2.10. The van der Waals surface area contributed by atoms with Gasteiger partial charge in [0.05, 0.1) is 11.8 Å². The summed E-state index contributed by atoms with van der Waals surface area (Å²) in [5, 5.41) is 16.6. The lowest BCUT2D eigenvalue weighted by Gasteiger charge is -2.09. The number of amides is 1. The number of carbonyl (C=O) groups is 1. The lowest BCUT2D eigenvalue weighted by Crippen LogP contribution is -2.17. The first kappa shape index (κ1) is 15.0. The number of fused-ring (bicyclic) bond motifs is 1. The van der Waals surface area contributed by atoms with Crippen molar-refractivity contribution in [3.8, 4) is 5.75 Å². The van der Waals surface area contributed by atoms with Gasteiger partial charge in [0.2, 0.25) is 5.95 Å². The number of aromatic hydroxyl groups is 1. The molecule has 1 amide bonds. The van der Waals surface area contributed by atoms with Gasteiger partial charge in [-0.1, -0.05) is 25.5 Å². The van der Waals surface area contributed by atoms with Gasteiger partial charge in [-0.15, -0.1) is 0 Å². The van der Waals surface area contributed by atoms with Crippen LogP contribution in [0.25, 0.3) is 5.65 Å². The van der Waals surface area contributed by atoms with E-state index in [-0.39, 0.29) is 11.3 Å². The fraction of sp³-hybridized carbons (Fsp3) is 0.250. The summed E-state index contributed by atoms with van der Waals surface area (Å²) in [6, 6.07) is 8.11. The molecule has 0 saturated heterocycles. The van der Waals surface area contributed by atoms with Crippen molar-refractivity contribution in [3.05, 3.63) is 47.9 Å². The molecule has 0 bridgehead atoms. The number of nitrogens with one attached hydrogen (secondary N) is 1. The Morgan fingerprint density at radius 1 is 1.26 bits per heavy atom. The molecule has 0 fully saturated rings. The highest BCUT2D eigenvalue weighted by molar-refractivity contribution is 6.05. The predicted octanol–water partition coefficient (Wildman–Crippen LogP) is 2.42. The molecule has 2 N–H and O–H groups in total. The molecule has 0 aliphatic carbocycles. The highest BCUT2D eigenvalue weighted by atomic mass is 16.3. The minimum Gasteiger partial charge on any atom is -0.507 e. The van der Waals surface area contributed by atoms with Crippen molar-refractivity contribution in [2.75, 3.05) is 5.32 Å². The number of rotatable bonds is 5. The Bertz CT molecular complexity index is 843. The molecule has 118 valence electrons. The quantitative estimate of drug-likeness (QED) is 0.755. The predicted molar refractivity (Wildman–Crippen MR) is 85.5 cm³/mol. The fourth-order valence-electron chi connectivity index (χ4n) is 2.23. The molecular formula is C16H17N5O2. The van der Waals surface area contributed by atoms with Gasteiger partial charge in [-0.3, -0.25) is 10.1 Å². The number of aromatic nitrogens is 4. The largest absolute Gasteiger partial charge is 0.507 e. The fourth-order valence-corrected chi connectivity index (χ4v) is 2.23. The second-order valence-corrected chi connectivity index (χ2v) is 5.14. The summed E-state index contributed by atoms with van der Waals surface area (Å²) >= 11 is 0. The Kier molecular flexibility index (Phi) is 4.18. The van der Waals surface area contributed by atoms with E-state index in [9.17, 15) is 9.90 Å². The Labute approximate surface area is 133 Å². The topological polar surface area (TPSA) is 92.4 Å². The number of phenolic OH excluding ortho intramolecular Hbond substituents is 1.